The van der Waals surface area contributed by atoms with E-state index in [4.69, 9.17) is 4.74 Å². The molecule has 0 fully saturated rings. The zero-order valence-corrected chi connectivity index (χ0v) is 16.2. The van der Waals surface area contributed by atoms with Gasteiger partial charge in [0.15, 0.2) is 6.10 Å². The normalized spacial score (nSPS) is 11.8. The maximum absolute atomic E-state index is 12.6. The molecular weight excluding hydrogens is 344 g/mol. The van der Waals surface area contributed by atoms with Crippen LogP contribution in [0.3, 0.4) is 0 Å². The first-order chi connectivity index (χ1) is 12.5. The minimum absolute atomic E-state index is 0.190. The van der Waals surface area contributed by atoms with Gasteiger partial charge in [-0.15, -0.1) is 11.3 Å². The number of aromatic nitrogens is 1. The van der Waals surface area contributed by atoms with E-state index in [9.17, 15) is 4.79 Å². The fourth-order valence-electron chi connectivity index (χ4n) is 2.63. The number of hydrogen-bond donors (Lipinski definition) is 1. The number of benzene rings is 2. The lowest BCUT2D eigenvalue weighted by Gasteiger charge is -2.18. The first kappa shape index (κ1) is 18.1. The van der Waals surface area contributed by atoms with E-state index < -0.39 is 6.10 Å². The molecule has 0 saturated carbocycles. The van der Waals surface area contributed by atoms with Crippen molar-refractivity contribution in [1.82, 2.24) is 4.98 Å². The maximum Gasteiger partial charge on any atom is 0.265 e. The van der Waals surface area contributed by atoms with E-state index in [0.717, 1.165) is 38.8 Å². The number of para-hydroxylation sites is 1. The van der Waals surface area contributed by atoms with Gasteiger partial charge in [0.05, 0.1) is 16.4 Å². The van der Waals surface area contributed by atoms with Crippen molar-refractivity contribution in [2.75, 3.05) is 5.32 Å². The molecule has 0 saturated heterocycles. The molecular formula is C21H22N2O2S. The predicted molar refractivity (Wildman–Crippen MR) is 107 cm³/mol. The molecule has 0 aliphatic carbocycles. The standard InChI is InChI=1S/C21H22N2O2S/c1-13-8-7-11-20(14(13)2)25-15(3)21(24)23-18-10-6-5-9-17(18)19-12-26-16(4)22-19/h5-12,15H,1-4H3,(H,23,24)/t15-/m0/s1. The topological polar surface area (TPSA) is 51.2 Å². The molecule has 0 bridgehead atoms. The van der Waals surface area contributed by atoms with Crippen LogP contribution in [-0.2, 0) is 4.79 Å². The number of aryl methyl sites for hydroxylation is 2. The summed E-state index contributed by atoms with van der Waals surface area (Å²) >= 11 is 1.59. The van der Waals surface area contributed by atoms with Crippen LogP contribution in [0.2, 0.25) is 0 Å². The van der Waals surface area contributed by atoms with E-state index in [1.807, 2.05) is 68.6 Å². The van der Waals surface area contributed by atoms with Gasteiger partial charge in [-0.2, -0.15) is 0 Å². The van der Waals surface area contributed by atoms with E-state index in [0.29, 0.717) is 0 Å². The molecule has 0 radical (unpaired) electrons. The van der Waals surface area contributed by atoms with Crippen LogP contribution in [0.25, 0.3) is 11.3 Å². The van der Waals surface area contributed by atoms with Crippen molar-refractivity contribution in [3.63, 3.8) is 0 Å². The van der Waals surface area contributed by atoms with Gasteiger partial charge in [0, 0.05) is 10.9 Å². The van der Waals surface area contributed by atoms with Gasteiger partial charge in [0.1, 0.15) is 5.75 Å². The molecule has 3 aromatic rings. The van der Waals surface area contributed by atoms with Crippen LogP contribution < -0.4 is 10.1 Å². The quantitative estimate of drug-likeness (QED) is 0.680. The molecule has 0 spiro atoms. The Kier molecular flexibility index (Phi) is 5.38. The van der Waals surface area contributed by atoms with Gasteiger partial charge in [0.2, 0.25) is 0 Å². The van der Waals surface area contributed by atoms with Crippen LogP contribution in [-0.4, -0.2) is 17.0 Å². The Morgan fingerprint density at radius 3 is 2.62 bits per heavy atom. The second kappa shape index (κ2) is 7.70. The molecule has 1 aromatic heterocycles. The summed E-state index contributed by atoms with van der Waals surface area (Å²) in [6, 6.07) is 13.5. The number of carbonyl (C=O) groups is 1. The number of hydrogen-bond acceptors (Lipinski definition) is 4. The third-order valence-corrected chi connectivity index (χ3v) is 5.08. The predicted octanol–water partition coefficient (Wildman–Crippen LogP) is 5.14. The van der Waals surface area contributed by atoms with Crippen LogP contribution >= 0.6 is 11.3 Å². The van der Waals surface area contributed by atoms with E-state index in [-0.39, 0.29) is 5.91 Å². The molecule has 1 atom stereocenters. The summed E-state index contributed by atoms with van der Waals surface area (Å²) < 4.78 is 5.88. The summed E-state index contributed by atoms with van der Waals surface area (Å²) in [6.45, 7) is 7.75. The monoisotopic (exact) mass is 366 g/mol. The van der Waals surface area contributed by atoms with Gasteiger partial charge in [-0.1, -0.05) is 30.3 Å². The van der Waals surface area contributed by atoms with Crippen molar-refractivity contribution < 1.29 is 9.53 Å². The Labute approximate surface area is 157 Å². The Bertz CT molecular complexity index is 933. The van der Waals surface area contributed by atoms with Gasteiger partial charge in [0.25, 0.3) is 5.91 Å². The van der Waals surface area contributed by atoms with Crippen molar-refractivity contribution >= 4 is 22.9 Å². The Balaban J connectivity index is 1.77. The minimum atomic E-state index is -0.610. The highest BCUT2D eigenvalue weighted by molar-refractivity contribution is 7.09. The van der Waals surface area contributed by atoms with Crippen molar-refractivity contribution in [3.05, 3.63) is 64.0 Å². The molecule has 0 aliphatic heterocycles. The highest BCUT2D eigenvalue weighted by atomic mass is 32.1. The Morgan fingerprint density at radius 1 is 1.12 bits per heavy atom. The summed E-state index contributed by atoms with van der Waals surface area (Å²) in [6.07, 6.45) is -0.610. The van der Waals surface area contributed by atoms with Crippen LogP contribution in [0.5, 0.6) is 5.75 Å². The fraction of sp³-hybridized carbons (Fsp3) is 0.238. The summed E-state index contributed by atoms with van der Waals surface area (Å²) in [4.78, 5) is 17.2. The molecule has 1 heterocycles. The molecule has 0 aliphatic rings. The number of carbonyl (C=O) groups excluding carboxylic acids is 1. The first-order valence-electron chi connectivity index (χ1n) is 8.51. The summed E-state index contributed by atoms with van der Waals surface area (Å²) in [7, 11) is 0. The minimum Gasteiger partial charge on any atom is -0.481 e. The molecule has 1 amide bonds. The highest BCUT2D eigenvalue weighted by Gasteiger charge is 2.18. The molecule has 1 N–H and O–H groups in total. The third kappa shape index (κ3) is 3.94. The summed E-state index contributed by atoms with van der Waals surface area (Å²) in [5.41, 5.74) is 4.69. The smallest absolute Gasteiger partial charge is 0.265 e. The van der Waals surface area contributed by atoms with E-state index >= 15 is 0 Å². The van der Waals surface area contributed by atoms with Gasteiger partial charge < -0.3 is 10.1 Å². The molecule has 134 valence electrons. The van der Waals surface area contributed by atoms with Crippen LogP contribution in [0.1, 0.15) is 23.1 Å². The zero-order chi connectivity index (χ0) is 18.7. The Hall–Kier alpha value is -2.66. The van der Waals surface area contributed by atoms with Crippen molar-refractivity contribution in [3.8, 4) is 17.0 Å². The number of thiazole rings is 1. The Morgan fingerprint density at radius 2 is 1.88 bits per heavy atom. The lowest BCUT2D eigenvalue weighted by Crippen LogP contribution is -2.30. The number of rotatable bonds is 5. The fourth-order valence-corrected chi connectivity index (χ4v) is 3.25. The van der Waals surface area contributed by atoms with Crippen LogP contribution in [0.15, 0.2) is 47.8 Å². The SMILES string of the molecule is Cc1nc(-c2ccccc2NC(=O)[C@H](C)Oc2cccc(C)c2C)cs1. The lowest BCUT2D eigenvalue weighted by molar-refractivity contribution is -0.122. The molecule has 2 aromatic carbocycles. The first-order valence-corrected chi connectivity index (χ1v) is 9.39. The summed E-state index contributed by atoms with van der Waals surface area (Å²) in [5.74, 6) is 0.543. The van der Waals surface area contributed by atoms with Gasteiger partial charge in [-0.25, -0.2) is 4.98 Å². The van der Waals surface area contributed by atoms with E-state index in [1.54, 1.807) is 18.3 Å². The highest BCUT2D eigenvalue weighted by Crippen LogP contribution is 2.29. The zero-order valence-electron chi connectivity index (χ0n) is 15.4. The van der Waals surface area contributed by atoms with Gasteiger partial charge in [-0.05, 0) is 51.0 Å². The van der Waals surface area contributed by atoms with Crippen LogP contribution in [0, 0.1) is 20.8 Å². The number of nitrogens with zero attached hydrogens (tertiary/aromatic N) is 1. The number of amides is 1. The second-order valence-corrected chi connectivity index (χ2v) is 7.31. The molecule has 4 nitrogen and oxygen atoms in total. The van der Waals surface area contributed by atoms with Crippen molar-refractivity contribution in [2.24, 2.45) is 0 Å². The summed E-state index contributed by atoms with van der Waals surface area (Å²) in [5, 5.41) is 5.96. The average molecular weight is 366 g/mol. The van der Waals surface area contributed by atoms with E-state index in [2.05, 4.69) is 10.3 Å². The van der Waals surface area contributed by atoms with Crippen molar-refractivity contribution in [2.45, 2.75) is 33.8 Å². The average Bonchev–Trinajstić information content (AvgIpc) is 3.05. The number of nitrogens with one attached hydrogen (secondary N) is 1. The molecule has 0 unspecified atom stereocenters. The lowest BCUT2D eigenvalue weighted by atomic mass is 10.1. The van der Waals surface area contributed by atoms with Crippen LogP contribution in [0.4, 0.5) is 5.69 Å². The molecule has 26 heavy (non-hydrogen) atoms. The van der Waals surface area contributed by atoms with Gasteiger partial charge >= 0.3 is 0 Å². The third-order valence-electron chi connectivity index (χ3n) is 4.31. The van der Waals surface area contributed by atoms with E-state index in [1.165, 1.54) is 0 Å². The maximum atomic E-state index is 12.6. The largest absolute Gasteiger partial charge is 0.481 e. The second-order valence-electron chi connectivity index (χ2n) is 6.24. The number of ether oxygens (including phenoxy) is 1. The van der Waals surface area contributed by atoms with Gasteiger partial charge in [-0.3, -0.25) is 4.79 Å². The van der Waals surface area contributed by atoms with Crippen molar-refractivity contribution in [1.29, 1.82) is 0 Å². The number of anilines is 1. The molecule has 5 heteroatoms. The molecule has 3 rings (SSSR count).